The van der Waals surface area contributed by atoms with Crippen LogP contribution in [0.15, 0.2) is 11.6 Å². The van der Waals surface area contributed by atoms with E-state index in [2.05, 4.69) is 9.88 Å². The fraction of sp³-hybridized carbons (Fsp3) is 0.733. The van der Waals surface area contributed by atoms with Gasteiger partial charge >= 0.3 is 0 Å². The molecule has 3 rings (SSSR count). The second kappa shape index (κ2) is 5.71. The third-order valence-corrected chi connectivity index (χ3v) is 5.49. The van der Waals surface area contributed by atoms with Crippen LogP contribution in [0.2, 0.25) is 0 Å². The molecular weight excluding hydrogens is 256 g/mol. The summed E-state index contributed by atoms with van der Waals surface area (Å²) < 4.78 is 0. The lowest BCUT2D eigenvalue weighted by Gasteiger charge is -2.42. The summed E-state index contributed by atoms with van der Waals surface area (Å²) in [6.45, 7) is 2.23. The zero-order valence-corrected chi connectivity index (χ0v) is 12.3. The Morgan fingerprint density at radius 2 is 1.95 bits per heavy atom. The first-order chi connectivity index (χ1) is 9.31. The molecular formula is C15H22N2OS. The minimum absolute atomic E-state index is 0.147. The molecule has 2 fully saturated rings. The zero-order chi connectivity index (χ0) is 13.1. The van der Waals surface area contributed by atoms with Crippen LogP contribution in [0.1, 0.15) is 50.0 Å². The van der Waals surface area contributed by atoms with Gasteiger partial charge in [0.15, 0.2) is 5.78 Å². The summed E-state index contributed by atoms with van der Waals surface area (Å²) >= 11 is 1.60. The lowest BCUT2D eigenvalue weighted by atomic mass is 9.86. The van der Waals surface area contributed by atoms with Gasteiger partial charge in [-0.25, -0.2) is 4.98 Å². The van der Waals surface area contributed by atoms with Gasteiger partial charge < -0.3 is 0 Å². The van der Waals surface area contributed by atoms with Crippen LogP contribution in [-0.4, -0.2) is 34.3 Å². The van der Waals surface area contributed by atoms with Crippen LogP contribution in [-0.2, 0) is 11.2 Å². The molecule has 1 saturated heterocycles. The summed E-state index contributed by atoms with van der Waals surface area (Å²) in [7, 11) is 0. The molecule has 2 heterocycles. The Morgan fingerprint density at radius 1 is 1.21 bits per heavy atom. The van der Waals surface area contributed by atoms with Crippen molar-refractivity contribution >= 4 is 17.1 Å². The molecule has 0 N–H and O–H groups in total. The highest BCUT2D eigenvalue weighted by molar-refractivity contribution is 7.09. The molecule has 4 heteroatoms. The summed E-state index contributed by atoms with van der Waals surface area (Å²) in [4.78, 5) is 19.6. The van der Waals surface area contributed by atoms with E-state index in [1.54, 1.807) is 17.5 Å². The highest BCUT2D eigenvalue weighted by Crippen LogP contribution is 2.38. The second-order valence-electron chi connectivity index (χ2n) is 5.81. The first kappa shape index (κ1) is 13.3. The number of likely N-dealkylation sites (tertiary alicyclic amines) is 1. The Bertz CT molecular complexity index is 417. The van der Waals surface area contributed by atoms with Crippen LogP contribution < -0.4 is 0 Å². The number of rotatable bonds is 4. The number of nitrogens with zero attached hydrogens (tertiary/aromatic N) is 2. The fourth-order valence-corrected chi connectivity index (χ4v) is 4.31. The van der Waals surface area contributed by atoms with Gasteiger partial charge in [0.2, 0.25) is 0 Å². The molecule has 19 heavy (non-hydrogen) atoms. The largest absolute Gasteiger partial charge is 0.297 e. The van der Waals surface area contributed by atoms with Crippen molar-refractivity contribution in [3.05, 3.63) is 16.6 Å². The van der Waals surface area contributed by atoms with E-state index in [9.17, 15) is 4.79 Å². The number of hydrogen-bond donors (Lipinski definition) is 0. The number of ketones is 1. The predicted octanol–water partition coefficient (Wildman–Crippen LogP) is 3.05. The van der Waals surface area contributed by atoms with E-state index in [-0.39, 0.29) is 5.54 Å². The maximum Gasteiger partial charge on any atom is 0.159 e. The van der Waals surface area contributed by atoms with E-state index in [1.807, 2.05) is 5.38 Å². The Hall–Kier alpha value is -0.740. The molecule has 0 amide bonds. The molecule has 0 radical (unpaired) electrons. The monoisotopic (exact) mass is 278 g/mol. The van der Waals surface area contributed by atoms with Gasteiger partial charge in [-0.15, -0.1) is 11.3 Å². The highest BCUT2D eigenvalue weighted by Gasteiger charge is 2.45. The van der Waals surface area contributed by atoms with Gasteiger partial charge in [0, 0.05) is 11.6 Å². The molecule has 104 valence electrons. The molecule has 1 saturated carbocycles. The molecule has 0 bridgehead atoms. The van der Waals surface area contributed by atoms with Gasteiger partial charge in [0.05, 0.1) is 17.0 Å². The van der Waals surface area contributed by atoms with Crippen molar-refractivity contribution in [2.45, 2.75) is 56.9 Å². The number of hydrogen-bond acceptors (Lipinski definition) is 4. The third kappa shape index (κ3) is 2.61. The van der Waals surface area contributed by atoms with Gasteiger partial charge in [0.25, 0.3) is 0 Å². The number of thiazole rings is 1. The van der Waals surface area contributed by atoms with Crippen molar-refractivity contribution in [1.29, 1.82) is 0 Å². The van der Waals surface area contributed by atoms with Gasteiger partial charge in [0.1, 0.15) is 0 Å². The molecule has 0 unspecified atom stereocenters. The smallest absolute Gasteiger partial charge is 0.159 e. The van der Waals surface area contributed by atoms with Crippen molar-refractivity contribution in [2.24, 2.45) is 0 Å². The molecule has 1 aliphatic carbocycles. The lowest BCUT2D eigenvalue weighted by molar-refractivity contribution is -0.131. The summed E-state index contributed by atoms with van der Waals surface area (Å²) in [5.41, 5.74) is -0.147. The topological polar surface area (TPSA) is 33.2 Å². The first-order valence-electron chi connectivity index (χ1n) is 7.48. The summed E-state index contributed by atoms with van der Waals surface area (Å²) in [6.07, 6.45) is 10.7. The van der Waals surface area contributed by atoms with E-state index < -0.39 is 0 Å². The molecule has 3 nitrogen and oxygen atoms in total. The maximum atomic E-state index is 12.9. The molecule has 1 aliphatic heterocycles. The first-order valence-corrected chi connectivity index (χ1v) is 8.36. The van der Waals surface area contributed by atoms with Gasteiger partial charge in [-0.2, -0.15) is 0 Å². The average molecular weight is 278 g/mol. The molecule has 2 aliphatic rings. The van der Waals surface area contributed by atoms with Crippen LogP contribution in [0, 0.1) is 0 Å². The molecule has 0 aromatic carbocycles. The van der Waals surface area contributed by atoms with Crippen molar-refractivity contribution in [3.63, 3.8) is 0 Å². The average Bonchev–Trinajstić information content (AvgIpc) is 3.11. The molecule has 1 aromatic rings. The fourth-order valence-electron chi connectivity index (χ4n) is 3.70. The van der Waals surface area contributed by atoms with Crippen molar-refractivity contribution in [3.8, 4) is 0 Å². The lowest BCUT2D eigenvalue weighted by Crippen LogP contribution is -2.55. The summed E-state index contributed by atoms with van der Waals surface area (Å²) in [6, 6.07) is 0. The Morgan fingerprint density at radius 3 is 2.58 bits per heavy atom. The standard InChI is InChI=1S/C15H22N2OS/c18-13(12-14-16-8-11-19-14)15(6-2-3-7-15)17-9-4-1-5-10-17/h8,11H,1-7,9-10,12H2. The quantitative estimate of drug-likeness (QED) is 0.848. The van der Waals surface area contributed by atoms with Crippen molar-refractivity contribution in [1.82, 2.24) is 9.88 Å². The number of Topliss-reactive ketones (excluding diaryl/α,β-unsaturated/α-hetero) is 1. The number of piperidine rings is 1. The summed E-state index contributed by atoms with van der Waals surface area (Å²) in [5.74, 6) is 0.418. The maximum absolute atomic E-state index is 12.9. The highest BCUT2D eigenvalue weighted by atomic mass is 32.1. The van der Waals surface area contributed by atoms with Crippen LogP contribution in [0.5, 0.6) is 0 Å². The normalized spacial score (nSPS) is 23.6. The van der Waals surface area contributed by atoms with E-state index in [1.165, 1.54) is 32.1 Å². The van der Waals surface area contributed by atoms with Gasteiger partial charge in [-0.05, 0) is 38.8 Å². The number of aromatic nitrogens is 1. The third-order valence-electron chi connectivity index (χ3n) is 4.71. The van der Waals surface area contributed by atoms with Gasteiger partial charge in [-0.3, -0.25) is 9.69 Å². The number of carbonyl (C=O) groups is 1. The minimum atomic E-state index is -0.147. The Balaban J connectivity index is 1.77. The zero-order valence-electron chi connectivity index (χ0n) is 11.4. The molecule has 0 atom stereocenters. The minimum Gasteiger partial charge on any atom is -0.297 e. The van der Waals surface area contributed by atoms with E-state index in [0.29, 0.717) is 12.2 Å². The molecule has 1 aromatic heterocycles. The second-order valence-corrected chi connectivity index (χ2v) is 6.79. The van der Waals surface area contributed by atoms with E-state index in [4.69, 9.17) is 0 Å². The van der Waals surface area contributed by atoms with E-state index >= 15 is 0 Å². The van der Waals surface area contributed by atoms with Gasteiger partial charge in [-0.1, -0.05) is 19.3 Å². The SMILES string of the molecule is O=C(Cc1nccs1)C1(N2CCCCC2)CCCC1. The molecule has 0 spiro atoms. The Labute approximate surface area is 119 Å². The van der Waals surface area contributed by atoms with E-state index in [0.717, 1.165) is 30.9 Å². The van der Waals surface area contributed by atoms with Crippen molar-refractivity contribution < 1.29 is 4.79 Å². The van der Waals surface area contributed by atoms with Crippen LogP contribution >= 0.6 is 11.3 Å². The summed E-state index contributed by atoms with van der Waals surface area (Å²) in [5, 5.41) is 2.94. The van der Waals surface area contributed by atoms with Crippen molar-refractivity contribution in [2.75, 3.05) is 13.1 Å². The predicted molar refractivity (Wildman–Crippen MR) is 77.4 cm³/mol. The van der Waals surface area contributed by atoms with Crippen LogP contribution in [0.25, 0.3) is 0 Å². The van der Waals surface area contributed by atoms with Crippen LogP contribution in [0.4, 0.5) is 0 Å². The number of carbonyl (C=O) groups excluding carboxylic acids is 1. The van der Waals surface area contributed by atoms with Crippen LogP contribution in [0.3, 0.4) is 0 Å². The Kier molecular flexibility index (Phi) is 3.99.